The minimum atomic E-state index is -4.40. The van der Waals surface area contributed by atoms with Gasteiger partial charge in [0.05, 0.1) is 5.56 Å². The van der Waals surface area contributed by atoms with Crippen LogP contribution in [0.3, 0.4) is 0 Å². The maximum Gasteiger partial charge on any atom is 0.416 e. The van der Waals surface area contributed by atoms with Crippen LogP contribution in [0.1, 0.15) is 37.7 Å². The molecule has 0 aromatic heterocycles. The van der Waals surface area contributed by atoms with E-state index in [1.807, 2.05) is 0 Å². The number of amides is 3. The predicted molar refractivity (Wildman–Crippen MR) is 95.2 cm³/mol. The second kappa shape index (κ2) is 8.19. The molecule has 0 spiro atoms. The zero-order valence-electron chi connectivity index (χ0n) is 15.1. The summed E-state index contributed by atoms with van der Waals surface area (Å²) in [6.07, 6.45) is 0.857. The fourth-order valence-electron chi connectivity index (χ4n) is 3.69. The Morgan fingerprint density at radius 2 is 1.52 bits per heavy atom. The third-order valence-electron chi connectivity index (χ3n) is 5.32. The summed E-state index contributed by atoms with van der Waals surface area (Å²) in [6, 6.07) is 3.99. The summed E-state index contributed by atoms with van der Waals surface area (Å²) in [5, 5.41) is 2.61. The maximum absolute atomic E-state index is 12.6. The average molecular weight is 383 g/mol. The van der Waals surface area contributed by atoms with Crippen LogP contribution in [0, 0.1) is 5.92 Å². The van der Waals surface area contributed by atoms with E-state index >= 15 is 0 Å². The van der Waals surface area contributed by atoms with Crippen LogP contribution in [-0.4, -0.2) is 47.9 Å². The van der Waals surface area contributed by atoms with Crippen molar-refractivity contribution in [3.63, 3.8) is 0 Å². The molecule has 2 aliphatic rings. The molecule has 2 fully saturated rings. The van der Waals surface area contributed by atoms with Crippen molar-refractivity contribution in [3.8, 4) is 0 Å². The van der Waals surface area contributed by atoms with E-state index in [0.29, 0.717) is 44.2 Å². The van der Waals surface area contributed by atoms with Gasteiger partial charge in [0, 0.05) is 38.3 Å². The molecule has 27 heavy (non-hydrogen) atoms. The topological polar surface area (TPSA) is 52.7 Å². The molecule has 0 unspecified atom stereocenters. The van der Waals surface area contributed by atoms with Gasteiger partial charge in [-0.25, -0.2) is 4.79 Å². The van der Waals surface area contributed by atoms with Crippen LogP contribution < -0.4 is 5.32 Å². The lowest BCUT2D eigenvalue weighted by Crippen LogP contribution is -2.51. The van der Waals surface area contributed by atoms with Crippen LogP contribution in [0.15, 0.2) is 24.3 Å². The standard InChI is InChI=1S/C19H24F3N3O2/c20-19(21,22)15-5-7-16(8-6-15)23-18(27)25-11-9-24(10-12-25)17(26)13-14-3-1-2-4-14/h5-8,14H,1-4,9-13H2,(H,23,27). The van der Waals surface area contributed by atoms with Crippen molar-refractivity contribution < 1.29 is 22.8 Å². The summed E-state index contributed by atoms with van der Waals surface area (Å²) >= 11 is 0. The van der Waals surface area contributed by atoms with Gasteiger partial charge in [0.15, 0.2) is 0 Å². The summed E-state index contributed by atoms with van der Waals surface area (Å²) in [7, 11) is 0. The number of nitrogens with one attached hydrogen (secondary N) is 1. The normalized spacial score (nSPS) is 18.6. The highest BCUT2D eigenvalue weighted by molar-refractivity contribution is 5.89. The molecular formula is C19H24F3N3O2. The first-order chi connectivity index (χ1) is 12.8. The van der Waals surface area contributed by atoms with Crippen molar-refractivity contribution in [3.05, 3.63) is 29.8 Å². The molecule has 5 nitrogen and oxygen atoms in total. The lowest BCUT2D eigenvalue weighted by Gasteiger charge is -2.35. The van der Waals surface area contributed by atoms with Gasteiger partial charge in [-0.2, -0.15) is 13.2 Å². The van der Waals surface area contributed by atoms with Gasteiger partial charge < -0.3 is 15.1 Å². The van der Waals surface area contributed by atoms with Crippen LogP contribution in [0.4, 0.5) is 23.7 Å². The summed E-state index contributed by atoms with van der Waals surface area (Å²) in [5.41, 5.74) is -0.442. The minimum absolute atomic E-state index is 0.157. The molecule has 1 aromatic rings. The van der Waals surface area contributed by atoms with Gasteiger partial charge in [-0.05, 0) is 43.0 Å². The molecule has 1 aliphatic carbocycles. The quantitative estimate of drug-likeness (QED) is 0.859. The number of benzene rings is 1. The fraction of sp³-hybridized carbons (Fsp3) is 0.579. The van der Waals surface area contributed by atoms with Crippen molar-refractivity contribution in [2.75, 3.05) is 31.5 Å². The molecule has 0 bridgehead atoms. The zero-order chi connectivity index (χ0) is 19.4. The van der Waals surface area contributed by atoms with E-state index in [1.165, 1.54) is 25.0 Å². The van der Waals surface area contributed by atoms with Crippen molar-refractivity contribution in [1.29, 1.82) is 0 Å². The molecule has 0 radical (unpaired) electrons. The van der Waals surface area contributed by atoms with E-state index in [9.17, 15) is 22.8 Å². The molecule has 3 rings (SSSR count). The molecule has 1 N–H and O–H groups in total. The molecule has 1 aliphatic heterocycles. The number of hydrogen-bond acceptors (Lipinski definition) is 2. The Morgan fingerprint density at radius 1 is 0.963 bits per heavy atom. The second-order valence-electron chi connectivity index (χ2n) is 7.23. The Labute approximate surface area is 156 Å². The Balaban J connectivity index is 1.46. The SMILES string of the molecule is O=C(CC1CCCC1)N1CCN(C(=O)Nc2ccc(C(F)(F)F)cc2)CC1. The van der Waals surface area contributed by atoms with Crippen molar-refractivity contribution in [1.82, 2.24) is 9.80 Å². The first-order valence-electron chi connectivity index (χ1n) is 9.34. The number of carbonyl (C=O) groups excluding carboxylic acids is 2. The molecule has 8 heteroatoms. The van der Waals surface area contributed by atoms with Gasteiger partial charge in [0.2, 0.25) is 5.91 Å². The Kier molecular flexibility index (Phi) is 5.92. The lowest BCUT2D eigenvalue weighted by atomic mass is 10.0. The highest BCUT2D eigenvalue weighted by atomic mass is 19.4. The van der Waals surface area contributed by atoms with Gasteiger partial charge in [-0.3, -0.25) is 4.79 Å². The smallest absolute Gasteiger partial charge is 0.339 e. The summed E-state index contributed by atoms with van der Waals surface area (Å²) in [4.78, 5) is 28.0. The summed E-state index contributed by atoms with van der Waals surface area (Å²) in [6.45, 7) is 1.82. The molecule has 0 atom stereocenters. The van der Waals surface area contributed by atoms with Gasteiger partial charge >= 0.3 is 12.2 Å². The summed E-state index contributed by atoms with van der Waals surface area (Å²) in [5.74, 6) is 0.656. The molecular weight excluding hydrogens is 359 g/mol. The molecule has 1 saturated heterocycles. The van der Waals surface area contributed by atoms with Crippen molar-refractivity contribution >= 4 is 17.6 Å². The van der Waals surface area contributed by atoms with Crippen LogP contribution in [-0.2, 0) is 11.0 Å². The maximum atomic E-state index is 12.6. The van der Waals surface area contributed by atoms with Crippen molar-refractivity contribution in [2.24, 2.45) is 5.92 Å². The van der Waals surface area contributed by atoms with Gasteiger partial charge in [0.1, 0.15) is 0 Å². The van der Waals surface area contributed by atoms with Gasteiger partial charge in [-0.15, -0.1) is 0 Å². The van der Waals surface area contributed by atoms with E-state index in [1.54, 1.807) is 9.80 Å². The molecule has 1 heterocycles. The zero-order valence-corrected chi connectivity index (χ0v) is 15.1. The molecule has 1 saturated carbocycles. The molecule has 148 valence electrons. The molecule has 1 aromatic carbocycles. The average Bonchev–Trinajstić information content (AvgIpc) is 3.14. The van der Waals surface area contributed by atoms with Gasteiger partial charge in [0.25, 0.3) is 0 Å². The van der Waals surface area contributed by atoms with E-state index in [-0.39, 0.29) is 11.9 Å². The number of anilines is 1. The number of alkyl halides is 3. The van der Waals surface area contributed by atoms with E-state index < -0.39 is 11.7 Å². The number of piperazine rings is 1. The number of carbonyl (C=O) groups is 2. The van der Waals surface area contributed by atoms with E-state index in [2.05, 4.69) is 5.32 Å². The Bertz CT molecular complexity index is 662. The van der Waals surface area contributed by atoms with Crippen LogP contribution in [0.2, 0.25) is 0 Å². The first-order valence-corrected chi connectivity index (χ1v) is 9.34. The Hall–Kier alpha value is -2.25. The highest BCUT2D eigenvalue weighted by Gasteiger charge is 2.30. The monoisotopic (exact) mass is 383 g/mol. The van der Waals surface area contributed by atoms with Crippen LogP contribution in [0.25, 0.3) is 0 Å². The predicted octanol–water partition coefficient (Wildman–Crippen LogP) is 3.96. The first kappa shape index (κ1) is 19.5. The number of hydrogen-bond donors (Lipinski definition) is 1. The summed E-state index contributed by atoms with van der Waals surface area (Å²) < 4.78 is 37.7. The third kappa shape index (κ3) is 5.14. The Morgan fingerprint density at radius 3 is 2.07 bits per heavy atom. The molecule has 3 amide bonds. The third-order valence-corrected chi connectivity index (χ3v) is 5.32. The number of nitrogens with zero attached hydrogens (tertiary/aromatic N) is 2. The van der Waals surface area contributed by atoms with Crippen LogP contribution >= 0.6 is 0 Å². The van der Waals surface area contributed by atoms with Gasteiger partial charge in [-0.1, -0.05) is 12.8 Å². The lowest BCUT2D eigenvalue weighted by molar-refractivity contribution is -0.137. The second-order valence-corrected chi connectivity index (χ2v) is 7.23. The van der Waals surface area contributed by atoms with Crippen molar-refractivity contribution in [2.45, 2.75) is 38.3 Å². The largest absolute Gasteiger partial charge is 0.416 e. The number of rotatable bonds is 3. The fourth-order valence-corrected chi connectivity index (χ4v) is 3.69. The van der Waals surface area contributed by atoms with E-state index in [4.69, 9.17) is 0 Å². The highest BCUT2D eigenvalue weighted by Crippen LogP contribution is 2.30. The number of urea groups is 1. The minimum Gasteiger partial charge on any atom is -0.339 e. The number of halogens is 3. The van der Waals surface area contributed by atoms with E-state index in [0.717, 1.165) is 25.0 Å². The van der Waals surface area contributed by atoms with Crippen LogP contribution in [0.5, 0.6) is 0 Å².